The predicted octanol–water partition coefficient (Wildman–Crippen LogP) is 6.03. The van der Waals surface area contributed by atoms with Gasteiger partial charge in [0.05, 0.1) is 27.4 Å². The third-order valence-corrected chi connectivity index (χ3v) is 8.98. The molecule has 4 aromatic rings. The van der Waals surface area contributed by atoms with Gasteiger partial charge in [-0.15, -0.1) is 0 Å². The number of likely N-dealkylation sites (N-methyl/N-ethyl adjacent to an activating group) is 1. The minimum Gasteiger partial charge on any atom is -0.372 e. The number of benzene rings is 2. The monoisotopic (exact) mass is 569 g/mol. The summed E-state index contributed by atoms with van der Waals surface area (Å²) in [6.07, 6.45) is 1.44. The molecule has 4 heterocycles. The van der Waals surface area contributed by atoms with Gasteiger partial charge in [0.2, 0.25) is 0 Å². The smallest absolute Gasteiger partial charge is 0.259 e. The first-order valence-corrected chi connectivity index (χ1v) is 14.7. The Morgan fingerprint density at radius 3 is 2.38 bits per heavy atom. The Bertz CT molecular complexity index is 1910. The lowest BCUT2D eigenvalue weighted by Crippen LogP contribution is -2.42. The lowest BCUT2D eigenvalue weighted by Gasteiger charge is -2.36. The van der Waals surface area contributed by atoms with Crippen LogP contribution in [-0.2, 0) is 26.4 Å². The number of amides is 2. The van der Waals surface area contributed by atoms with E-state index < -0.39 is 36.0 Å². The molecule has 7 heteroatoms. The zero-order valence-corrected chi connectivity index (χ0v) is 25.8. The van der Waals surface area contributed by atoms with Gasteiger partial charge >= 0.3 is 0 Å². The molecular weight excluding hydrogens is 524 g/mol. The number of nitrogens with one attached hydrogen (secondary N) is 1. The highest BCUT2D eigenvalue weighted by Crippen LogP contribution is 2.41. The van der Waals surface area contributed by atoms with Crippen LogP contribution in [0.4, 0.5) is 0 Å². The molecule has 0 radical (unpaired) electrons. The van der Waals surface area contributed by atoms with Crippen LogP contribution in [0.2, 0.25) is 0 Å². The van der Waals surface area contributed by atoms with Gasteiger partial charge in [-0.3, -0.25) is 14.9 Å². The molecule has 0 aliphatic carbocycles. The Kier molecular flexibility index (Phi) is 6.07. The van der Waals surface area contributed by atoms with E-state index in [-0.39, 0.29) is 17.2 Å². The van der Waals surface area contributed by atoms with Crippen LogP contribution in [0.25, 0.3) is 33.0 Å². The summed E-state index contributed by atoms with van der Waals surface area (Å²) in [4.78, 5) is 29.5. The highest BCUT2D eigenvalue weighted by molar-refractivity contribution is 6.50. The summed E-state index contributed by atoms with van der Waals surface area (Å²) in [7, 11) is 2.01. The van der Waals surface area contributed by atoms with E-state index in [1.165, 1.54) is 11.5 Å². The van der Waals surface area contributed by atoms with Crippen LogP contribution in [0.3, 0.4) is 0 Å². The summed E-state index contributed by atoms with van der Waals surface area (Å²) in [5.74, 6) is -1.02. The van der Waals surface area contributed by atoms with Crippen LogP contribution in [0.5, 0.6) is 0 Å². The van der Waals surface area contributed by atoms with Gasteiger partial charge in [0.15, 0.2) is 0 Å². The number of imide groups is 1. The Morgan fingerprint density at radius 1 is 1.05 bits per heavy atom. The third-order valence-electron chi connectivity index (χ3n) is 8.98. The summed E-state index contributed by atoms with van der Waals surface area (Å²) < 4.78 is 38.5. The molecule has 0 saturated heterocycles. The number of nitrogens with zero attached hydrogens (tertiary/aromatic N) is 3. The van der Waals surface area contributed by atoms with Crippen molar-refractivity contribution in [1.82, 2.24) is 19.4 Å². The fourth-order valence-electron chi connectivity index (χ4n) is 6.40. The molecule has 4 bridgehead atoms. The average molecular weight is 570 g/mol. The van der Waals surface area contributed by atoms with Gasteiger partial charge in [-0.25, -0.2) is 0 Å². The molecule has 2 aromatic carbocycles. The normalized spacial score (nSPS) is 25.0. The van der Waals surface area contributed by atoms with Gasteiger partial charge < -0.3 is 18.8 Å². The quantitative estimate of drug-likeness (QED) is 0.306. The van der Waals surface area contributed by atoms with Gasteiger partial charge in [0, 0.05) is 69.9 Å². The number of fused-ring (bicyclic) bond motifs is 12. The minimum absolute atomic E-state index is 0.199. The molecule has 6 rings (SSSR count). The molecule has 1 N–H and O–H groups in total. The third kappa shape index (κ3) is 4.69. The molecule has 2 atom stereocenters. The summed E-state index contributed by atoms with van der Waals surface area (Å²) in [6.45, 7) is 11.9. The molecule has 42 heavy (non-hydrogen) atoms. The maximum Gasteiger partial charge on any atom is 0.259 e. The fraction of sp³-hybridized carbons (Fsp3) is 0.429. The van der Waals surface area contributed by atoms with Crippen molar-refractivity contribution in [1.29, 1.82) is 0 Å². The summed E-state index contributed by atoms with van der Waals surface area (Å²) in [5, 5.41) is 4.00. The van der Waals surface area contributed by atoms with Crippen molar-refractivity contribution >= 4 is 44.8 Å². The number of aryl methyl sites for hydroxylation is 2. The van der Waals surface area contributed by atoms with Gasteiger partial charge in [0.25, 0.3) is 11.8 Å². The number of para-hydroxylation sites is 1. The topological polar surface area (TPSA) is 68.5 Å². The van der Waals surface area contributed by atoms with Gasteiger partial charge in [-0.05, 0) is 91.3 Å². The zero-order valence-electron chi connectivity index (χ0n) is 28.8. The van der Waals surface area contributed by atoms with Crippen molar-refractivity contribution in [2.75, 3.05) is 13.6 Å². The number of hydrogen-bond acceptors (Lipinski definition) is 4. The predicted molar refractivity (Wildman–Crippen MR) is 169 cm³/mol. The summed E-state index contributed by atoms with van der Waals surface area (Å²) >= 11 is 0. The standard InChI is InChI=1S/C35H42N4O3/c1-20(2)37(8)17-24-15-35(6,7)39-19-28(25-11-9-10-12-29(25)39)32-31(33(40)36-34(32)41)27-18-38(16-23(5)42-24)30-14-22(4)21(3)13-26(27)30/h9-14,18-20,23-24H,15-17H2,1-8H3,(H,36,40,41)/t23?,24-/m0/s1/i16D2,23D. The molecule has 220 valence electrons. The SMILES string of the molecule is [2H]C1(C)O[C@H](CN(C)C(C)C)CC(C)(C)n2cc(c3ccccc32)C2=C(C(=O)NC2=O)c2cn(c3cc(C)c(C)cc23)C1([2H])[2H]. The van der Waals surface area contributed by atoms with E-state index in [1.54, 1.807) is 6.20 Å². The van der Waals surface area contributed by atoms with Crippen molar-refractivity contribution in [3.05, 3.63) is 71.0 Å². The highest BCUT2D eigenvalue weighted by atomic mass is 16.5. The van der Waals surface area contributed by atoms with Crippen molar-refractivity contribution < 1.29 is 18.4 Å². The average Bonchev–Trinajstić information content (AvgIpc) is 3.58. The van der Waals surface area contributed by atoms with E-state index in [9.17, 15) is 13.7 Å². The second-order valence-electron chi connectivity index (χ2n) is 12.8. The van der Waals surface area contributed by atoms with Crippen LogP contribution >= 0.6 is 0 Å². The first kappa shape index (κ1) is 24.9. The van der Waals surface area contributed by atoms with E-state index in [0.717, 1.165) is 22.0 Å². The van der Waals surface area contributed by atoms with Crippen molar-refractivity contribution in [3.63, 3.8) is 0 Å². The Balaban J connectivity index is 1.74. The van der Waals surface area contributed by atoms with E-state index >= 15 is 0 Å². The summed E-state index contributed by atoms with van der Waals surface area (Å²) in [5.41, 5.74) is 4.30. The maximum absolute atomic E-state index is 13.7. The van der Waals surface area contributed by atoms with Crippen LogP contribution in [-0.4, -0.2) is 57.7 Å². The van der Waals surface area contributed by atoms with Crippen LogP contribution < -0.4 is 5.32 Å². The van der Waals surface area contributed by atoms with E-state index in [0.29, 0.717) is 35.0 Å². The number of hydrogen-bond donors (Lipinski definition) is 1. The fourth-order valence-corrected chi connectivity index (χ4v) is 6.40. The number of aromatic nitrogens is 2. The second-order valence-corrected chi connectivity index (χ2v) is 12.8. The minimum atomic E-state index is -2.37. The van der Waals surface area contributed by atoms with Crippen LogP contribution in [0, 0.1) is 13.8 Å². The van der Waals surface area contributed by atoms with E-state index in [2.05, 4.69) is 42.5 Å². The van der Waals surface area contributed by atoms with E-state index in [1.807, 2.05) is 63.5 Å². The van der Waals surface area contributed by atoms with Crippen molar-refractivity contribution in [2.45, 2.75) is 85.1 Å². The number of carbonyl (C=O) groups is 2. The second kappa shape index (κ2) is 10.2. The molecule has 2 aromatic heterocycles. The number of carbonyl (C=O) groups excluding carboxylic acids is 2. The molecule has 2 amide bonds. The summed E-state index contributed by atoms with van der Waals surface area (Å²) in [6, 6.07) is 11.9. The first-order valence-electron chi connectivity index (χ1n) is 16.2. The Morgan fingerprint density at radius 2 is 1.69 bits per heavy atom. The molecule has 0 spiro atoms. The molecule has 7 nitrogen and oxygen atoms in total. The largest absolute Gasteiger partial charge is 0.372 e. The Hall–Kier alpha value is -3.68. The molecular formula is C35H42N4O3. The lowest BCUT2D eigenvalue weighted by molar-refractivity contribution is -0.122. The molecule has 2 aliphatic heterocycles. The molecule has 0 saturated carbocycles. The Labute approximate surface area is 252 Å². The van der Waals surface area contributed by atoms with Gasteiger partial charge in [-0.2, -0.15) is 0 Å². The highest BCUT2D eigenvalue weighted by Gasteiger charge is 2.37. The zero-order chi connectivity index (χ0) is 32.8. The van der Waals surface area contributed by atoms with Gasteiger partial charge in [-0.1, -0.05) is 18.2 Å². The molecule has 1 unspecified atom stereocenters. The van der Waals surface area contributed by atoms with E-state index in [4.69, 9.17) is 4.74 Å². The lowest BCUT2D eigenvalue weighted by atomic mass is 9.94. The molecule has 2 aliphatic rings. The molecule has 0 fully saturated rings. The van der Waals surface area contributed by atoms with Gasteiger partial charge in [0.1, 0.15) is 0 Å². The maximum atomic E-state index is 13.7. The van der Waals surface area contributed by atoms with Crippen molar-refractivity contribution in [2.24, 2.45) is 0 Å². The number of ether oxygens (including phenoxy) is 1. The number of rotatable bonds is 3. The van der Waals surface area contributed by atoms with Crippen LogP contribution in [0.15, 0.2) is 48.8 Å². The van der Waals surface area contributed by atoms with Crippen molar-refractivity contribution in [3.8, 4) is 0 Å². The first-order chi connectivity index (χ1) is 20.9. The van der Waals surface area contributed by atoms with Crippen LogP contribution in [0.1, 0.15) is 67.4 Å².